The molecule has 0 saturated heterocycles. The number of hydrogen-bond acceptors (Lipinski definition) is 6. The molecular weight excluding hydrogens is 454 g/mol. The third-order valence-corrected chi connectivity index (χ3v) is 5.83. The van der Waals surface area contributed by atoms with Gasteiger partial charge in [-0.15, -0.1) is 0 Å². The largest absolute Gasteiger partial charge is 0.465 e. The van der Waals surface area contributed by atoms with Gasteiger partial charge in [0.15, 0.2) is 0 Å². The first kappa shape index (κ1) is 24.6. The van der Waals surface area contributed by atoms with E-state index in [1.807, 2.05) is 25.1 Å². The van der Waals surface area contributed by atoms with Crippen LogP contribution in [-0.2, 0) is 9.53 Å². The summed E-state index contributed by atoms with van der Waals surface area (Å²) < 4.78 is 5.10. The van der Waals surface area contributed by atoms with E-state index in [2.05, 4.69) is 11.1 Å². The number of esters is 1. The van der Waals surface area contributed by atoms with Gasteiger partial charge in [-0.3, -0.25) is 14.5 Å². The number of aryl methyl sites for hydroxylation is 1. The van der Waals surface area contributed by atoms with Crippen LogP contribution in [0.25, 0.3) is 10.9 Å². The van der Waals surface area contributed by atoms with Crippen molar-refractivity contribution in [2.24, 2.45) is 0 Å². The fourth-order valence-corrected chi connectivity index (χ4v) is 3.99. The summed E-state index contributed by atoms with van der Waals surface area (Å²) in [4.78, 5) is 31.7. The number of hydrogen-bond donors (Lipinski definition) is 1. The van der Waals surface area contributed by atoms with Gasteiger partial charge in [0.25, 0.3) is 5.91 Å². The Morgan fingerprint density at radius 2 is 1.78 bits per heavy atom. The fourth-order valence-electron chi connectivity index (χ4n) is 3.99. The van der Waals surface area contributed by atoms with E-state index in [9.17, 15) is 14.7 Å². The molecule has 0 bridgehead atoms. The molecule has 4 rings (SSSR count). The van der Waals surface area contributed by atoms with Crippen molar-refractivity contribution in [2.75, 3.05) is 18.1 Å². The molecule has 7 heteroatoms. The highest BCUT2D eigenvalue weighted by molar-refractivity contribution is 6.09. The van der Waals surface area contributed by atoms with Gasteiger partial charge in [0.1, 0.15) is 12.6 Å². The van der Waals surface area contributed by atoms with Crippen LogP contribution < -0.4 is 4.90 Å². The third kappa shape index (κ3) is 5.24. The Kier molecular flexibility index (Phi) is 7.38. The number of nitrogens with zero attached hydrogens (tertiary/aromatic N) is 3. The lowest BCUT2D eigenvalue weighted by Gasteiger charge is -2.23. The lowest BCUT2D eigenvalue weighted by molar-refractivity contribution is -0.141. The van der Waals surface area contributed by atoms with E-state index >= 15 is 0 Å². The van der Waals surface area contributed by atoms with Crippen molar-refractivity contribution in [3.05, 3.63) is 107 Å². The summed E-state index contributed by atoms with van der Waals surface area (Å²) >= 11 is 0. The lowest BCUT2D eigenvalue weighted by Crippen LogP contribution is -2.36. The lowest BCUT2D eigenvalue weighted by atomic mass is 10.0. The van der Waals surface area contributed by atoms with Gasteiger partial charge in [0.05, 0.1) is 29.5 Å². The zero-order chi connectivity index (χ0) is 25.7. The van der Waals surface area contributed by atoms with Crippen LogP contribution in [0.5, 0.6) is 0 Å². The van der Waals surface area contributed by atoms with Gasteiger partial charge in [0, 0.05) is 16.6 Å². The molecule has 3 aromatic carbocycles. The van der Waals surface area contributed by atoms with Crippen LogP contribution in [0, 0.1) is 18.3 Å². The number of fused-ring (bicyclic) bond motifs is 1. The summed E-state index contributed by atoms with van der Waals surface area (Å²) in [6, 6.07) is 24.6. The number of aromatic nitrogens is 1. The summed E-state index contributed by atoms with van der Waals surface area (Å²) in [7, 11) is 0. The van der Waals surface area contributed by atoms with Crippen molar-refractivity contribution in [3.8, 4) is 6.07 Å². The Balaban J connectivity index is 1.75. The molecule has 1 unspecified atom stereocenters. The molecule has 0 fully saturated rings. The number of ether oxygens (including phenoxy) is 1. The summed E-state index contributed by atoms with van der Waals surface area (Å²) in [6.07, 6.45) is -0.994. The zero-order valence-electron chi connectivity index (χ0n) is 20.0. The molecule has 1 amide bonds. The highest BCUT2D eigenvalue weighted by atomic mass is 16.5. The minimum atomic E-state index is -0.994. The molecule has 0 aliphatic heterocycles. The van der Waals surface area contributed by atoms with Gasteiger partial charge in [-0.2, -0.15) is 5.26 Å². The van der Waals surface area contributed by atoms with Gasteiger partial charge in [0.2, 0.25) is 0 Å². The average Bonchev–Trinajstić information content (AvgIpc) is 2.91. The molecule has 36 heavy (non-hydrogen) atoms. The Morgan fingerprint density at radius 3 is 2.44 bits per heavy atom. The quantitative estimate of drug-likeness (QED) is 0.385. The molecule has 1 heterocycles. The minimum absolute atomic E-state index is 0.210. The Labute approximate surface area is 209 Å². The molecule has 0 saturated carbocycles. The third-order valence-electron chi connectivity index (χ3n) is 5.83. The number of carbonyl (C=O) groups excluding carboxylic acids is 2. The second-order valence-electron chi connectivity index (χ2n) is 8.26. The first-order chi connectivity index (χ1) is 17.4. The van der Waals surface area contributed by atoms with Crippen molar-refractivity contribution in [1.29, 1.82) is 5.26 Å². The van der Waals surface area contributed by atoms with Gasteiger partial charge in [-0.05, 0) is 67.4 Å². The molecule has 1 N–H and O–H groups in total. The summed E-state index contributed by atoms with van der Waals surface area (Å²) in [5, 5.41) is 20.8. The molecule has 0 spiro atoms. The van der Waals surface area contributed by atoms with Crippen molar-refractivity contribution >= 4 is 28.5 Å². The highest BCUT2D eigenvalue weighted by Gasteiger charge is 2.22. The summed E-state index contributed by atoms with van der Waals surface area (Å²) in [5.41, 5.74) is 3.96. The van der Waals surface area contributed by atoms with Crippen LogP contribution >= 0.6 is 0 Å². The van der Waals surface area contributed by atoms with Crippen molar-refractivity contribution in [2.45, 2.75) is 20.0 Å². The molecule has 0 aliphatic rings. The molecule has 1 aromatic heterocycles. The number of pyridine rings is 1. The second kappa shape index (κ2) is 10.8. The monoisotopic (exact) mass is 479 g/mol. The second-order valence-corrected chi connectivity index (χ2v) is 8.26. The maximum atomic E-state index is 13.3. The van der Waals surface area contributed by atoms with E-state index in [-0.39, 0.29) is 19.1 Å². The van der Waals surface area contributed by atoms with Crippen molar-refractivity contribution in [3.63, 3.8) is 0 Å². The molecule has 1 atom stereocenters. The zero-order valence-corrected chi connectivity index (χ0v) is 20.0. The molecule has 7 nitrogen and oxygen atoms in total. The van der Waals surface area contributed by atoms with Gasteiger partial charge in [-0.25, -0.2) is 4.98 Å². The van der Waals surface area contributed by atoms with E-state index in [1.165, 1.54) is 4.90 Å². The fraction of sp³-hybridized carbons (Fsp3) is 0.172. The van der Waals surface area contributed by atoms with Crippen LogP contribution in [0.3, 0.4) is 0 Å². The molecule has 0 radical (unpaired) electrons. The number of benzene rings is 3. The number of aliphatic hydroxyl groups is 1. The Bertz CT molecular complexity index is 1440. The smallest absolute Gasteiger partial charge is 0.326 e. The summed E-state index contributed by atoms with van der Waals surface area (Å²) in [5.74, 6) is -0.857. The molecule has 4 aromatic rings. The molecular formula is C29H25N3O4. The topological polar surface area (TPSA) is 104 Å². The van der Waals surface area contributed by atoms with E-state index in [0.29, 0.717) is 33.6 Å². The number of rotatable bonds is 7. The predicted molar refractivity (Wildman–Crippen MR) is 136 cm³/mol. The van der Waals surface area contributed by atoms with Crippen molar-refractivity contribution in [1.82, 2.24) is 4.98 Å². The maximum Gasteiger partial charge on any atom is 0.326 e. The maximum absolute atomic E-state index is 13.3. The average molecular weight is 480 g/mol. The van der Waals surface area contributed by atoms with E-state index in [1.54, 1.807) is 67.6 Å². The number of aliphatic hydroxyl groups excluding tert-OH is 1. The number of carbonyl (C=O) groups is 2. The predicted octanol–water partition coefficient (Wildman–Crippen LogP) is 4.71. The van der Waals surface area contributed by atoms with Crippen molar-refractivity contribution < 1.29 is 19.4 Å². The van der Waals surface area contributed by atoms with E-state index in [4.69, 9.17) is 10.00 Å². The SMILES string of the molecule is CCOC(=O)CN(C(=O)c1ccccc1)c1ccc2c(C)cc(C(O)c3ccc(C#N)cc3)nc2c1. The van der Waals surface area contributed by atoms with Crippen LogP contribution in [0.4, 0.5) is 5.69 Å². The van der Waals surface area contributed by atoms with E-state index < -0.39 is 12.1 Å². The standard InChI is InChI=1S/C29H25N3O4/c1-3-36-27(33)18-32(29(35)22-7-5-4-6-8-22)23-13-14-24-19(2)15-26(31-25(24)16-23)28(34)21-11-9-20(17-30)10-12-21/h4-16,28,34H,3,18H2,1-2H3. The Morgan fingerprint density at radius 1 is 1.06 bits per heavy atom. The number of nitriles is 1. The molecule has 180 valence electrons. The normalized spacial score (nSPS) is 11.5. The minimum Gasteiger partial charge on any atom is -0.465 e. The van der Waals surface area contributed by atoms with Gasteiger partial charge >= 0.3 is 5.97 Å². The number of amides is 1. The van der Waals surface area contributed by atoms with Crippen LogP contribution in [0.15, 0.2) is 78.9 Å². The summed E-state index contributed by atoms with van der Waals surface area (Å²) in [6.45, 7) is 3.59. The first-order valence-corrected chi connectivity index (χ1v) is 11.5. The van der Waals surface area contributed by atoms with Gasteiger partial charge < -0.3 is 9.84 Å². The number of anilines is 1. The van der Waals surface area contributed by atoms with Crippen LogP contribution in [0.1, 0.15) is 45.8 Å². The highest BCUT2D eigenvalue weighted by Crippen LogP contribution is 2.29. The molecule has 0 aliphatic carbocycles. The van der Waals surface area contributed by atoms with Crippen LogP contribution in [0.2, 0.25) is 0 Å². The first-order valence-electron chi connectivity index (χ1n) is 11.5. The van der Waals surface area contributed by atoms with E-state index in [0.717, 1.165) is 10.9 Å². The Hall–Kier alpha value is -4.54. The van der Waals surface area contributed by atoms with Crippen LogP contribution in [-0.4, -0.2) is 35.1 Å². The van der Waals surface area contributed by atoms with Gasteiger partial charge in [-0.1, -0.05) is 36.4 Å².